The Bertz CT molecular complexity index is 2990. The molecule has 492 valence electrons. The van der Waals surface area contributed by atoms with Crippen molar-refractivity contribution in [2.45, 2.75) is 186 Å². The van der Waals surface area contributed by atoms with E-state index in [-0.39, 0.29) is 68.9 Å². The first-order valence-corrected chi connectivity index (χ1v) is 32.8. The van der Waals surface area contributed by atoms with Gasteiger partial charge in [-0.05, 0) is 134 Å². The summed E-state index contributed by atoms with van der Waals surface area (Å²) in [5, 5.41) is 56.2. The van der Waals surface area contributed by atoms with Crippen molar-refractivity contribution in [3.8, 4) is 5.75 Å². The number of fused-ring (bicyclic) bond motifs is 1. The third-order valence-corrected chi connectivity index (χ3v) is 16.7. The normalized spacial score (nSPS) is 21.1. The van der Waals surface area contributed by atoms with Crippen LogP contribution in [0.3, 0.4) is 0 Å². The highest BCUT2D eigenvalue weighted by Crippen LogP contribution is 2.31. The van der Waals surface area contributed by atoms with E-state index in [1.807, 2.05) is 30.3 Å². The Hall–Kier alpha value is -7.68. The fraction of sp³-hybridized carbons (Fsp3) is 0.531. The smallest absolute Gasteiger partial charge is 0.408 e. The first-order valence-electron chi connectivity index (χ1n) is 30.3. The van der Waals surface area contributed by atoms with Crippen molar-refractivity contribution in [1.82, 2.24) is 47.9 Å². The maximum Gasteiger partial charge on any atom is 0.408 e. The maximum absolute atomic E-state index is 15.2. The average molecular weight is 1290 g/mol. The van der Waals surface area contributed by atoms with Crippen LogP contribution in [0.2, 0.25) is 0 Å². The fourth-order valence-corrected chi connectivity index (χ4v) is 12.1. The molecular formula is C64H89N9O15S2. The molecule has 0 saturated carbocycles. The third-order valence-electron chi connectivity index (χ3n) is 14.3. The van der Waals surface area contributed by atoms with Crippen molar-refractivity contribution >= 4 is 86.5 Å². The highest BCUT2D eigenvalue weighted by Gasteiger charge is 2.38. The Labute approximate surface area is 533 Å². The standard InChI is InChI=1S/C64H89N9O15S2/c1-10-29-65-59(83)52(37(2)74)72-58(82)50-36-90-89-35-49(69-56(80)47(32-39-18-12-11-13-19-39)71-62(86)88-64(7,8)9)51(77)34-43(31-40-23-27-44(76)28-24-40)54(78)68-48(33-42-26-25-41-20-14-15-21-45(41)42)57(81)67-46(55(79)73-53(38(3)75)60(84)70-50)22-16-17-30-66-61(85)87-63(4,5)6/h11-15,18-21,23-24,26-28,37-38,43,46-50,52-53,74-76H,10,16-17,22,25,29-36H2,1-9H3,(H,65,83)(H,66,85)(H,67,81)(H,68,78)(H,69,80)(H,70,84)(H,71,86)(H,72,82)(H,73,79)/t37-,38-,43-,46+,47-,48-,49+,50+,52+,53+/m1/s1. The SMILES string of the molecule is CCCNC(=O)[C@@H](NC(=O)[C@@H]1CSSC[C@H](NC(=O)[C@@H](Cc2ccccc2)NC(=O)OC(C)(C)C)C(=O)C[C@@H](Cc2ccc(O)cc2)C(=O)N[C@H](CC2=CCc3ccccc32)C(=O)N[C@@H](CCCCNC(=O)OC(C)(C)C)C(=O)N[C@@H]([C@@H](C)O)C(=O)N1)[C@@H](C)O. The number of unbranched alkanes of at least 4 members (excludes halogenated alkanes) is 1. The Morgan fingerprint density at radius 3 is 1.96 bits per heavy atom. The fourth-order valence-electron chi connectivity index (χ4n) is 9.69. The van der Waals surface area contributed by atoms with Gasteiger partial charge in [-0.15, -0.1) is 0 Å². The number of amides is 9. The minimum absolute atomic E-state index is 0.0502. The number of aliphatic hydroxyl groups is 2. The second-order valence-electron chi connectivity index (χ2n) is 24.4. The van der Waals surface area contributed by atoms with Gasteiger partial charge in [0.15, 0.2) is 5.78 Å². The number of aromatic hydroxyl groups is 1. The lowest BCUT2D eigenvalue weighted by atomic mass is 9.90. The van der Waals surface area contributed by atoms with Gasteiger partial charge in [-0.2, -0.15) is 0 Å². The lowest BCUT2D eigenvalue weighted by Gasteiger charge is -2.29. The van der Waals surface area contributed by atoms with Crippen molar-refractivity contribution in [1.29, 1.82) is 0 Å². The van der Waals surface area contributed by atoms with Crippen molar-refractivity contribution in [2.24, 2.45) is 5.92 Å². The summed E-state index contributed by atoms with van der Waals surface area (Å²) in [6, 6.07) is 11.6. The average Bonchev–Trinajstić information content (AvgIpc) is 1.68. The number of alkyl carbamates (subject to hydrolysis) is 2. The minimum Gasteiger partial charge on any atom is -0.508 e. The number of phenolic OH excluding ortho intramolecular Hbond substituents is 1. The maximum atomic E-state index is 15.2. The van der Waals surface area contributed by atoms with Crippen molar-refractivity contribution in [3.63, 3.8) is 0 Å². The van der Waals surface area contributed by atoms with Gasteiger partial charge in [-0.1, -0.05) is 101 Å². The number of Topliss-reactive ketones (excluding diaryl/α,β-unsaturated/α-hetero) is 1. The number of ether oxygens (including phenoxy) is 2. The van der Waals surface area contributed by atoms with Crippen molar-refractivity contribution in [3.05, 3.63) is 107 Å². The van der Waals surface area contributed by atoms with Crippen LogP contribution < -0.4 is 47.9 Å². The number of ketones is 1. The second-order valence-corrected chi connectivity index (χ2v) is 27.0. The zero-order valence-electron chi connectivity index (χ0n) is 52.6. The van der Waals surface area contributed by atoms with Crippen LogP contribution in [0.4, 0.5) is 9.59 Å². The van der Waals surface area contributed by atoms with E-state index in [1.54, 1.807) is 90.9 Å². The molecule has 3 aromatic rings. The number of hydrogen-bond donors (Lipinski definition) is 12. The number of nitrogens with one attached hydrogen (secondary N) is 9. The summed E-state index contributed by atoms with van der Waals surface area (Å²) in [4.78, 5) is 143. The molecule has 1 fully saturated rings. The van der Waals surface area contributed by atoms with Crippen LogP contribution in [-0.4, -0.2) is 165 Å². The topological polar surface area (TPSA) is 358 Å². The molecule has 0 unspecified atom stereocenters. The Morgan fingerprint density at radius 2 is 1.30 bits per heavy atom. The van der Waals surface area contributed by atoms with Crippen LogP contribution >= 0.6 is 21.6 Å². The van der Waals surface area contributed by atoms with E-state index in [9.17, 15) is 48.9 Å². The first-order chi connectivity index (χ1) is 42.5. The van der Waals surface area contributed by atoms with Crippen LogP contribution in [0.25, 0.3) is 5.57 Å². The Balaban J connectivity index is 1.63. The molecule has 1 aliphatic carbocycles. The molecule has 5 rings (SSSR count). The molecule has 0 bridgehead atoms. The number of rotatable bonds is 21. The monoisotopic (exact) mass is 1290 g/mol. The molecule has 1 heterocycles. The molecule has 0 aromatic heterocycles. The van der Waals surface area contributed by atoms with Gasteiger partial charge >= 0.3 is 12.2 Å². The number of phenols is 1. The summed E-state index contributed by atoms with van der Waals surface area (Å²) in [5.74, 6) is -8.75. The molecule has 26 heteroatoms. The van der Waals surface area contributed by atoms with Gasteiger partial charge in [0, 0.05) is 49.8 Å². The number of aliphatic hydroxyl groups excluding tert-OH is 2. The molecule has 12 N–H and O–H groups in total. The number of carbonyl (C=O) groups is 10. The summed E-state index contributed by atoms with van der Waals surface area (Å²) in [6.07, 6.45) is -2.24. The van der Waals surface area contributed by atoms with E-state index in [1.165, 1.54) is 26.0 Å². The zero-order valence-corrected chi connectivity index (χ0v) is 54.2. The number of allylic oxidation sites excluding steroid dienone is 1. The number of benzene rings is 3. The molecular weight excluding hydrogens is 1200 g/mol. The predicted molar refractivity (Wildman–Crippen MR) is 342 cm³/mol. The summed E-state index contributed by atoms with van der Waals surface area (Å²) >= 11 is 0. The first kappa shape index (κ1) is 73.1. The van der Waals surface area contributed by atoms with Crippen LogP contribution in [-0.2, 0) is 67.1 Å². The molecule has 1 aliphatic heterocycles. The van der Waals surface area contributed by atoms with Crippen LogP contribution in [0.15, 0.2) is 84.9 Å². The summed E-state index contributed by atoms with van der Waals surface area (Å²) < 4.78 is 10.9. The van der Waals surface area contributed by atoms with Gasteiger partial charge in [0.2, 0.25) is 41.4 Å². The van der Waals surface area contributed by atoms with E-state index >= 15 is 14.4 Å². The zero-order chi connectivity index (χ0) is 66.3. The van der Waals surface area contributed by atoms with Gasteiger partial charge in [0.05, 0.1) is 18.2 Å². The van der Waals surface area contributed by atoms with Gasteiger partial charge in [-0.25, -0.2) is 9.59 Å². The summed E-state index contributed by atoms with van der Waals surface area (Å²) in [6.45, 7) is 14.7. The van der Waals surface area contributed by atoms with Crippen LogP contribution in [0.1, 0.15) is 123 Å². The van der Waals surface area contributed by atoms with Gasteiger partial charge in [0.1, 0.15) is 53.2 Å². The highest BCUT2D eigenvalue weighted by molar-refractivity contribution is 8.76. The van der Waals surface area contributed by atoms with Crippen molar-refractivity contribution < 1.29 is 72.7 Å². The largest absolute Gasteiger partial charge is 0.508 e. The van der Waals surface area contributed by atoms with E-state index < -0.39 is 137 Å². The molecule has 3 aromatic carbocycles. The van der Waals surface area contributed by atoms with Crippen LogP contribution in [0, 0.1) is 5.92 Å². The highest BCUT2D eigenvalue weighted by atomic mass is 33.1. The molecule has 0 spiro atoms. The molecule has 10 atom stereocenters. The molecule has 9 amide bonds. The molecule has 90 heavy (non-hydrogen) atoms. The number of carbonyl (C=O) groups excluding carboxylic acids is 10. The molecule has 24 nitrogen and oxygen atoms in total. The molecule has 2 aliphatic rings. The number of hydrogen-bond acceptors (Lipinski definition) is 17. The lowest BCUT2D eigenvalue weighted by molar-refractivity contribution is -0.137. The second kappa shape index (κ2) is 35.1. The minimum atomic E-state index is -1.80. The quantitative estimate of drug-likeness (QED) is 0.0530. The van der Waals surface area contributed by atoms with Gasteiger partial charge in [0.25, 0.3) is 0 Å². The van der Waals surface area contributed by atoms with E-state index in [0.29, 0.717) is 29.5 Å². The van der Waals surface area contributed by atoms with Crippen molar-refractivity contribution in [2.75, 3.05) is 24.6 Å². The Morgan fingerprint density at radius 1 is 0.667 bits per heavy atom. The van der Waals surface area contributed by atoms with Gasteiger partial charge in [-0.3, -0.25) is 38.4 Å². The summed E-state index contributed by atoms with van der Waals surface area (Å²) in [7, 11) is 1.92. The van der Waals surface area contributed by atoms with Crippen LogP contribution in [0.5, 0.6) is 5.75 Å². The molecule has 1 saturated heterocycles. The predicted octanol–water partition coefficient (Wildman–Crippen LogP) is 3.96. The van der Waals surface area contributed by atoms with Gasteiger partial charge < -0.3 is 72.6 Å². The van der Waals surface area contributed by atoms with E-state index in [2.05, 4.69) is 47.9 Å². The molecule has 0 radical (unpaired) electrons. The van der Waals surface area contributed by atoms with E-state index in [0.717, 1.165) is 32.7 Å². The van der Waals surface area contributed by atoms with E-state index in [4.69, 9.17) is 9.47 Å². The Kier molecular flexibility index (Phi) is 28.5. The summed E-state index contributed by atoms with van der Waals surface area (Å²) in [5.41, 5.74) is 1.87. The third kappa shape index (κ3) is 24.6. The lowest BCUT2D eigenvalue weighted by Crippen LogP contribution is -2.62.